The van der Waals surface area contributed by atoms with Gasteiger partial charge in [0, 0.05) is 20.0 Å². The van der Waals surface area contributed by atoms with E-state index in [1.165, 1.54) is 0 Å². The minimum absolute atomic E-state index is 0.278. The number of piperidine rings is 1. The molecular weight excluding hydrogens is 126 g/mol. The van der Waals surface area contributed by atoms with Crippen LogP contribution in [-0.2, 0) is 4.79 Å². The van der Waals surface area contributed by atoms with E-state index in [0.29, 0.717) is 12.3 Å². The Hall–Kier alpha value is -0.530. The van der Waals surface area contributed by atoms with Gasteiger partial charge in [0.05, 0.1) is 0 Å². The van der Waals surface area contributed by atoms with Gasteiger partial charge in [-0.1, -0.05) is 6.92 Å². The Kier molecular flexibility index (Phi) is 2.30. The van der Waals surface area contributed by atoms with E-state index < -0.39 is 0 Å². The van der Waals surface area contributed by atoms with Crippen LogP contribution in [0.1, 0.15) is 19.3 Å². The number of likely N-dealkylation sites (tertiary alicyclic amines) is 1. The monoisotopic (exact) mass is 140 g/mol. The Bertz CT molecular complexity index is 133. The summed E-state index contributed by atoms with van der Waals surface area (Å²) in [5.41, 5.74) is 0. The van der Waals surface area contributed by atoms with Crippen molar-refractivity contribution in [2.24, 2.45) is 5.92 Å². The molecule has 0 spiro atoms. The van der Waals surface area contributed by atoms with Gasteiger partial charge < -0.3 is 4.90 Å². The first kappa shape index (κ1) is 7.58. The summed E-state index contributed by atoms with van der Waals surface area (Å²) in [6.45, 7) is 4.71. The van der Waals surface area contributed by atoms with Crippen molar-refractivity contribution in [1.29, 1.82) is 0 Å². The summed E-state index contributed by atoms with van der Waals surface area (Å²) in [4.78, 5) is 12.9. The molecular formula is C8H14NO. The number of carbonyl (C=O) groups excluding carboxylic acids is 1. The van der Waals surface area contributed by atoms with Crippen LogP contribution in [0.2, 0.25) is 0 Å². The number of hydrogen-bond donors (Lipinski definition) is 0. The maximum atomic E-state index is 11.1. The molecule has 10 heavy (non-hydrogen) atoms. The van der Waals surface area contributed by atoms with Crippen molar-refractivity contribution in [3.63, 3.8) is 0 Å². The first-order chi connectivity index (χ1) is 4.74. The van der Waals surface area contributed by atoms with Crippen LogP contribution in [0.4, 0.5) is 0 Å². The third-order valence-corrected chi connectivity index (χ3v) is 2.17. The Morgan fingerprint density at radius 2 is 2.50 bits per heavy atom. The van der Waals surface area contributed by atoms with Crippen molar-refractivity contribution >= 4 is 5.91 Å². The number of nitrogens with zero attached hydrogens (tertiary/aromatic N) is 1. The van der Waals surface area contributed by atoms with E-state index in [-0.39, 0.29) is 5.91 Å². The summed E-state index contributed by atoms with van der Waals surface area (Å²) in [5.74, 6) is 0.823. The lowest BCUT2D eigenvalue weighted by Crippen LogP contribution is -2.35. The molecule has 0 aliphatic carbocycles. The van der Waals surface area contributed by atoms with Gasteiger partial charge in [-0.3, -0.25) is 4.79 Å². The molecule has 0 saturated carbocycles. The molecule has 1 saturated heterocycles. The van der Waals surface area contributed by atoms with Crippen molar-refractivity contribution < 1.29 is 4.79 Å². The highest BCUT2D eigenvalue weighted by atomic mass is 16.2. The summed E-state index contributed by atoms with van der Waals surface area (Å²) in [5, 5.41) is 0. The van der Waals surface area contributed by atoms with Gasteiger partial charge in [-0.2, -0.15) is 0 Å². The van der Waals surface area contributed by atoms with Crippen molar-refractivity contribution in [3.05, 3.63) is 6.92 Å². The lowest BCUT2D eigenvalue weighted by molar-refractivity contribution is -0.133. The molecule has 0 aromatic rings. The molecule has 1 fully saturated rings. The number of amides is 1. The number of carbonyl (C=O) groups is 1. The third kappa shape index (κ3) is 1.49. The highest BCUT2D eigenvalue weighted by Gasteiger charge is 2.21. The molecule has 0 aromatic carbocycles. The van der Waals surface area contributed by atoms with Crippen molar-refractivity contribution in [3.8, 4) is 0 Å². The van der Waals surface area contributed by atoms with Gasteiger partial charge in [-0.15, -0.1) is 0 Å². The second-order valence-electron chi connectivity index (χ2n) is 2.96. The maximum Gasteiger partial charge on any atom is 0.222 e. The zero-order valence-electron chi connectivity index (χ0n) is 6.47. The van der Waals surface area contributed by atoms with Crippen LogP contribution in [-0.4, -0.2) is 24.4 Å². The Labute approximate surface area is 62.2 Å². The van der Waals surface area contributed by atoms with Gasteiger partial charge in [0.2, 0.25) is 5.91 Å². The van der Waals surface area contributed by atoms with Crippen molar-refractivity contribution in [2.75, 3.05) is 13.6 Å². The van der Waals surface area contributed by atoms with Gasteiger partial charge in [0.1, 0.15) is 0 Å². The third-order valence-electron chi connectivity index (χ3n) is 2.17. The van der Waals surface area contributed by atoms with Crippen LogP contribution in [0.15, 0.2) is 0 Å². The molecule has 0 bridgehead atoms. The summed E-state index contributed by atoms with van der Waals surface area (Å²) in [6.07, 6.45) is 2.74. The molecule has 2 nitrogen and oxygen atoms in total. The minimum Gasteiger partial charge on any atom is -0.346 e. The maximum absolute atomic E-state index is 11.1. The average molecular weight is 140 g/mol. The largest absolute Gasteiger partial charge is 0.346 e. The normalized spacial score (nSPS) is 27.2. The lowest BCUT2D eigenvalue weighted by atomic mass is 9.94. The summed E-state index contributed by atoms with van der Waals surface area (Å²) in [7, 11) is 1.86. The summed E-state index contributed by atoms with van der Waals surface area (Å²) < 4.78 is 0. The van der Waals surface area contributed by atoms with Crippen LogP contribution in [0, 0.1) is 12.8 Å². The van der Waals surface area contributed by atoms with E-state index in [9.17, 15) is 4.79 Å². The first-order valence-electron chi connectivity index (χ1n) is 3.77. The first-order valence-corrected chi connectivity index (χ1v) is 3.77. The molecule has 0 N–H and O–H groups in total. The van der Waals surface area contributed by atoms with E-state index in [4.69, 9.17) is 0 Å². The number of hydrogen-bond acceptors (Lipinski definition) is 1. The minimum atomic E-state index is 0.278. The standard InChI is InChI=1S/C8H14NO/c1-3-7-4-5-9(2)8(10)6-7/h7H,1,3-6H2,2H3. The zero-order chi connectivity index (χ0) is 7.56. The fourth-order valence-corrected chi connectivity index (χ4v) is 1.25. The van der Waals surface area contributed by atoms with Crippen LogP contribution >= 0.6 is 0 Å². The lowest BCUT2D eigenvalue weighted by Gasteiger charge is -2.27. The Morgan fingerprint density at radius 1 is 1.80 bits per heavy atom. The van der Waals surface area contributed by atoms with Crippen LogP contribution in [0.25, 0.3) is 0 Å². The van der Waals surface area contributed by atoms with Gasteiger partial charge in [-0.25, -0.2) is 0 Å². The fraction of sp³-hybridized carbons (Fsp3) is 0.750. The van der Waals surface area contributed by atoms with Crippen molar-refractivity contribution in [2.45, 2.75) is 19.3 Å². The van der Waals surface area contributed by atoms with Crippen LogP contribution < -0.4 is 0 Å². The molecule has 1 unspecified atom stereocenters. The molecule has 1 atom stereocenters. The predicted molar refractivity (Wildman–Crippen MR) is 40.3 cm³/mol. The smallest absolute Gasteiger partial charge is 0.222 e. The molecule has 1 amide bonds. The summed E-state index contributed by atoms with van der Waals surface area (Å²) in [6, 6.07) is 0. The second-order valence-corrected chi connectivity index (χ2v) is 2.96. The van der Waals surface area contributed by atoms with Gasteiger partial charge in [-0.05, 0) is 18.8 Å². The zero-order valence-corrected chi connectivity index (χ0v) is 6.47. The topological polar surface area (TPSA) is 20.3 Å². The fourth-order valence-electron chi connectivity index (χ4n) is 1.25. The quantitative estimate of drug-likeness (QED) is 0.533. The molecule has 1 aliphatic rings. The van der Waals surface area contributed by atoms with E-state index >= 15 is 0 Å². The Morgan fingerprint density at radius 3 is 3.00 bits per heavy atom. The highest BCUT2D eigenvalue weighted by Crippen LogP contribution is 2.19. The predicted octanol–water partition coefficient (Wildman–Crippen LogP) is 1.08. The molecule has 1 aliphatic heterocycles. The summed E-state index contributed by atoms with van der Waals surface area (Å²) >= 11 is 0. The number of rotatable bonds is 1. The van der Waals surface area contributed by atoms with Gasteiger partial charge in [0.25, 0.3) is 0 Å². The van der Waals surface area contributed by atoms with Gasteiger partial charge in [0.15, 0.2) is 0 Å². The van der Waals surface area contributed by atoms with Crippen molar-refractivity contribution in [1.82, 2.24) is 4.90 Å². The van der Waals surface area contributed by atoms with Crippen LogP contribution in [0.5, 0.6) is 0 Å². The molecule has 1 heterocycles. The van der Waals surface area contributed by atoms with Gasteiger partial charge >= 0.3 is 0 Å². The molecule has 0 aromatic heterocycles. The SMILES string of the molecule is [CH2]CC1CCN(C)C(=O)C1. The highest BCUT2D eigenvalue weighted by molar-refractivity contribution is 5.76. The van der Waals surface area contributed by atoms with E-state index in [2.05, 4.69) is 6.92 Å². The molecule has 2 heteroatoms. The van der Waals surface area contributed by atoms with E-state index in [1.807, 2.05) is 7.05 Å². The van der Waals surface area contributed by atoms with E-state index in [0.717, 1.165) is 19.4 Å². The van der Waals surface area contributed by atoms with Crippen LogP contribution in [0.3, 0.4) is 0 Å². The second kappa shape index (κ2) is 3.04. The van der Waals surface area contributed by atoms with E-state index in [1.54, 1.807) is 4.90 Å². The molecule has 57 valence electrons. The average Bonchev–Trinajstić information content (AvgIpc) is 1.95. The Balaban J connectivity index is 2.41. The molecule has 1 radical (unpaired) electrons. The molecule has 1 rings (SSSR count).